The smallest absolute Gasteiger partial charge is 0.179 e. The third-order valence-electron chi connectivity index (χ3n) is 4.11. The van der Waals surface area contributed by atoms with Crippen molar-refractivity contribution in [3.63, 3.8) is 0 Å². The molecule has 1 aliphatic carbocycles. The molecular formula is C16H22N2O2S. The largest absolute Gasteiger partial charge is 0.315 e. The molecule has 114 valence electrons. The molecule has 1 fully saturated rings. The molecule has 0 heterocycles. The van der Waals surface area contributed by atoms with E-state index in [0.717, 1.165) is 6.54 Å². The summed E-state index contributed by atoms with van der Waals surface area (Å²) in [5, 5.41) is 12.1. The molecule has 0 saturated heterocycles. The van der Waals surface area contributed by atoms with E-state index in [1.54, 1.807) is 18.2 Å². The molecule has 0 spiro atoms. The molecule has 1 aromatic carbocycles. The van der Waals surface area contributed by atoms with E-state index in [1.807, 2.05) is 6.07 Å². The number of benzene rings is 1. The molecule has 0 atom stereocenters. The molecular weight excluding hydrogens is 284 g/mol. The maximum absolute atomic E-state index is 12.2. The Morgan fingerprint density at radius 1 is 1.38 bits per heavy atom. The molecule has 21 heavy (non-hydrogen) atoms. The third-order valence-corrected chi connectivity index (χ3v) is 5.82. The molecule has 0 amide bonds. The van der Waals surface area contributed by atoms with E-state index >= 15 is 0 Å². The first-order chi connectivity index (χ1) is 10.0. The van der Waals surface area contributed by atoms with Gasteiger partial charge in [-0.1, -0.05) is 19.4 Å². The van der Waals surface area contributed by atoms with E-state index < -0.39 is 9.84 Å². The van der Waals surface area contributed by atoms with Crippen LogP contribution in [0.1, 0.15) is 38.2 Å². The summed E-state index contributed by atoms with van der Waals surface area (Å²) in [5.41, 5.74) is 0.808. The topological polar surface area (TPSA) is 70.0 Å². The van der Waals surface area contributed by atoms with Crippen LogP contribution >= 0.6 is 0 Å². The van der Waals surface area contributed by atoms with Gasteiger partial charge in [0.1, 0.15) is 0 Å². The highest BCUT2D eigenvalue weighted by molar-refractivity contribution is 7.91. The molecule has 1 N–H and O–H groups in total. The predicted octanol–water partition coefficient (Wildman–Crippen LogP) is 2.50. The first-order valence-corrected chi connectivity index (χ1v) is 9.10. The molecule has 4 nitrogen and oxygen atoms in total. The summed E-state index contributed by atoms with van der Waals surface area (Å²) < 4.78 is 24.4. The molecule has 0 unspecified atom stereocenters. The lowest BCUT2D eigenvalue weighted by molar-refractivity contribution is 0.427. The van der Waals surface area contributed by atoms with E-state index in [2.05, 4.69) is 12.2 Å². The van der Waals surface area contributed by atoms with Gasteiger partial charge in [0, 0.05) is 13.1 Å². The lowest BCUT2D eigenvalue weighted by atomic mass is 10.0. The molecule has 1 saturated carbocycles. The highest BCUT2D eigenvalue weighted by Crippen LogP contribution is 2.48. The summed E-state index contributed by atoms with van der Waals surface area (Å²) in [7, 11) is -3.32. The van der Waals surface area contributed by atoms with Crippen LogP contribution in [0.5, 0.6) is 0 Å². The van der Waals surface area contributed by atoms with Crippen molar-refractivity contribution in [3.05, 3.63) is 29.8 Å². The Kier molecular flexibility index (Phi) is 5.02. The van der Waals surface area contributed by atoms with E-state index in [-0.39, 0.29) is 10.6 Å². The Balaban J connectivity index is 1.86. The van der Waals surface area contributed by atoms with Gasteiger partial charge in [0.25, 0.3) is 0 Å². The molecule has 1 aromatic rings. The molecule has 0 aliphatic heterocycles. The Labute approximate surface area is 127 Å². The van der Waals surface area contributed by atoms with Gasteiger partial charge >= 0.3 is 0 Å². The van der Waals surface area contributed by atoms with Gasteiger partial charge in [-0.2, -0.15) is 5.26 Å². The second-order valence-electron chi connectivity index (χ2n) is 5.89. The van der Waals surface area contributed by atoms with Crippen molar-refractivity contribution >= 4 is 9.84 Å². The summed E-state index contributed by atoms with van der Waals surface area (Å²) in [4.78, 5) is 0.234. The zero-order valence-corrected chi connectivity index (χ0v) is 13.2. The SMILES string of the molecule is CCCC1(CNCCS(=O)(=O)c2cccc(C#N)c2)CC1. The zero-order valence-electron chi connectivity index (χ0n) is 12.4. The molecule has 0 aromatic heterocycles. The van der Waals surface area contributed by atoms with Crippen LogP contribution < -0.4 is 5.32 Å². The van der Waals surface area contributed by atoms with Crippen LogP contribution in [0, 0.1) is 16.7 Å². The molecule has 2 rings (SSSR count). The minimum Gasteiger partial charge on any atom is -0.315 e. The van der Waals surface area contributed by atoms with Crippen molar-refractivity contribution in [2.75, 3.05) is 18.8 Å². The van der Waals surface area contributed by atoms with Gasteiger partial charge in [-0.05, 0) is 42.9 Å². The van der Waals surface area contributed by atoms with Crippen molar-refractivity contribution in [1.82, 2.24) is 5.32 Å². The number of nitriles is 1. The number of hydrogen-bond donors (Lipinski definition) is 1. The second-order valence-corrected chi connectivity index (χ2v) is 7.99. The second kappa shape index (κ2) is 6.59. The Bertz CT molecular complexity index is 628. The highest BCUT2D eigenvalue weighted by Gasteiger charge is 2.40. The maximum atomic E-state index is 12.2. The number of nitrogens with zero attached hydrogens (tertiary/aromatic N) is 1. The van der Waals surface area contributed by atoms with Crippen molar-refractivity contribution in [2.24, 2.45) is 5.41 Å². The third kappa shape index (κ3) is 4.29. The van der Waals surface area contributed by atoms with E-state index in [9.17, 15) is 8.42 Å². The van der Waals surface area contributed by atoms with Crippen molar-refractivity contribution in [3.8, 4) is 6.07 Å². The van der Waals surface area contributed by atoms with Gasteiger partial charge in [0.05, 0.1) is 22.3 Å². The van der Waals surface area contributed by atoms with E-state index in [0.29, 0.717) is 17.5 Å². The Hall–Kier alpha value is -1.38. The summed E-state index contributed by atoms with van der Waals surface area (Å²) in [6.07, 6.45) is 4.91. The predicted molar refractivity (Wildman–Crippen MR) is 82.7 cm³/mol. The minimum absolute atomic E-state index is 0.0735. The first-order valence-electron chi connectivity index (χ1n) is 7.45. The van der Waals surface area contributed by atoms with Gasteiger partial charge in [-0.25, -0.2) is 8.42 Å². The van der Waals surface area contributed by atoms with Crippen LogP contribution in [0.15, 0.2) is 29.2 Å². The average molecular weight is 306 g/mol. The summed E-state index contributed by atoms with van der Waals surface area (Å²) >= 11 is 0. The minimum atomic E-state index is -3.32. The molecule has 5 heteroatoms. The van der Waals surface area contributed by atoms with Crippen LogP contribution in [-0.2, 0) is 9.84 Å². The molecule has 0 radical (unpaired) electrons. The van der Waals surface area contributed by atoms with Crippen molar-refractivity contribution in [1.29, 1.82) is 5.26 Å². The fourth-order valence-corrected chi connectivity index (χ4v) is 3.90. The maximum Gasteiger partial charge on any atom is 0.179 e. The fourth-order valence-electron chi connectivity index (χ4n) is 2.66. The first kappa shape index (κ1) is 16.0. The summed E-state index contributed by atoms with van der Waals surface area (Å²) in [5.74, 6) is 0.0735. The van der Waals surface area contributed by atoms with Crippen LogP contribution in [0.4, 0.5) is 0 Å². The van der Waals surface area contributed by atoms with E-state index in [4.69, 9.17) is 5.26 Å². The van der Waals surface area contributed by atoms with Gasteiger partial charge in [0.2, 0.25) is 0 Å². The lowest BCUT2D eigenvalue weighted by Crippen LogP contribution is -2.29. The quantitative estimate of drug-likeness (QED) is 0.749. The Morgan fingerprint density at radius 2 is 2.14 bits per heavy atom. The van der Waals surface area contributed by atoms with Crippen LogP contribution in [0.3, 0.4) is 0 Å². The number of sulfone groups is 1. The normalized spacial score (nSPS) is 16.4. The van der Waals surface area contributed by atoms with Gasteiger partial charge in [-0.3, -0.25) is 0 Å². The van der Waals surface area contributed by atoms with E-state index in [1.165, 1.54) is 31.7 Å². The number of rotatable bonds is 8. The molecule has 0 bridgehead atoms. The monoisotopic (exact) mass is 306 g/mol. The zero-order chi connectivity index (χ0) is 15.3. The van der Waals surface area contributed by atoms with Gasteiger partial charge in [0.15, 0.2) is 9.84 Å². The van der Waals surface area contributed by atoms with Crippen molar-refractivity contribution < 1.29 is 8.42 Å². The van der Waals surface area contributed by atoms with Crippen molar-refractivity contribution in [2.45, 2.75) is 37.5 Å². The highest BCUT2D eigenvalue weighted by atomic mass is 32.2. The van der Waals surface area contributed by atoms with Crippen LogP contribution in [0.25, 0.3) is 0 Å². The summed E-state index contributed by atoms with van der Waals surface area (Å²) in [6, 6.07) is 8.18. The fraction of sp³-hybridized carbons (Fsp3) is 0.562. The lowest BCUT2D eigenvalue weighted by Gasteiger charge is -2.14. The average Bonchev–Trinajstić information content (AvgIpc) is 3.24. The Morgan fingerprint density at radius 3 is 2.76 bits per heavy atom. The standard InChI is InChI=1S/C16H22N2O2S/c1-2-6-16(7-8-16)13-18-9-10-21(19,20)15-5-3-4-14(11-15)12-17/h3-5,11,18H,2,6-10,13H2,1H3. The van der Waals surface area contributed by atoms with Crippen LogP contribution in [-0.4, -0.2) is 27.3 Å². The molecule has 1 aliphatic rings. The number of hydrogen-bond acceptors (Lipinski definition) is 4. The van der Waals surface area contributed by atoms with Gasteiger partial charge in [-0.15, -0.1) is 0 Å². The number of nitrogens with one attached hydrogen (secondary N) is 1. The summed E-state index contributed by atoms with van der Waals surface area (Å²) in [6.45, 7) is 3.56. The van der Waals surface area contributed by atoms with Gasteiger partial charge < -0.3 is 5.32 Å². The van der Waals surface area contributed by atoms with Crippen LogP contribution in [0.2, 0.25) is 0 Å².